The van der Waals surface area contributed by atoms with E-state index in [-0.39, 0.29) is 22.7 Å². The van der Waals surface area contributed by atoms with Gasteiger partial charge in [-0.3, -0.25) is 9.52 Å². The molecule has 3 aromatic carbocycles. The van der Waals surface area contributed by atoms with Crippen LogP contribution in [0.1, 0.15) is 15.9 Å². The third kappa shape index (κ3) is 4.72. The largest absolute Gasteiger partial charge is 0.348 e. The monoisotopic (exact) mass is 402 g/mol. The van der Waals surface area contributed by atoms with Gasteiger partial charge in [-0.05, 0) is 48.0 Å². The van der Waals surface area contributed by atoms with Gasteiger partial charge in [-0.1, -0.05) is 30.3 Å². The Labute approximate surface area is 161 Å². The first-order valence-corrected chi connectivity index (χ1v) is 9.73. The molecule has 0 unspecified atom stereocenters. The van der Waals surface area contributed by atoms with E-state index in [0.29, 0.717) is 5.56 Å². The summed E-state index contributed by atoms with van der Waals surface area (Å²) in [6.07, 6.45) is 0. The highest BCUT2D eigenvalue weighted by Gasteiger charge is 2.18. The van der Waals surface area contributed by atoms with Crippen LogP contribution < -0.4 is 10.0 Å². The Balaban J connectivity index is 1.75. The molecule has 0 saturated carbocycles. The van der Waals surface area contributed by atoms with Gasteiger partial charge in [0.2, 0.25) is 0 Å². The van der Waals surface area contributed by atoms with Gasteiger partial charge in [-0.25, -0.2) is 17.2 Å². The standard InChI is InChI=1S/C20H16F2N2O3S/c21-16-7-3-5-14(11-16)13-23-20(25)15-6-4-8-17(12-15)28(26,27)24-19-10-2-1-9-18(19)22/h1-12,24H,13H2,(H,23,25). The number of nitrogens with one attached hydrogen (secondary N) is 2. The summed E-state index contributed by atoms with van der Waals surface area (Å²) in [4.78, 5) is 12.1. The first-order valence-electron chi connectivity index (χ1n) is 8.25. The maximum Gasteiger partial charge on any atom is 0.262 e. The van der Waals surface area contributed by atoms with E-state index in [2.05, 4.69) is 10.0 Å². The topological polar surface area (TPSA) is 75.3 Å². The Morgan fingerprint density at radius 3 is 2.39 bits per heavy atom. The van der Waals surface area contributed by atoms with Crippen LogP contribution in [0.4, 0.5) is 14.5 Å². The number of anilines is 1. The molecule has 8 heteroatoms. The van der Waals surface area contributed by atoms with Crippen LogP contribution in [0.5, 0.6) is 0 Å². The van der Waals surface area contributed by atoms with Crippen LogP contribution in [-0.4, -0.2) is 14.3 Å². The highest BCUT2D eigenvalue weighted by atomic mass is 32.2. The molecule has 0 fully saturated rings. The Morgan fingerprint density at radius 2 is 1.64 bits per heavy atom. The van der Waals surface area contributed by atoms with Crippen molar-refractivity contribution in [3.05, 3.63) is 95.6 Å². The molecule has 0 spiro atoms. The Kier molecular flexibility index (Phi) is 5.70. The van der Waals surface area contributed by atoms with Gasteiger partial charge in [0, 0.05) is 12.1 Å². The van der Waals surface area contributed by atoms with Crippen LogP contribution in [0.3, 0.4) is 0 Å². The van der Waals surface area contributed by atoms with E-state index >= 15 is 0 Å². The van der Waals surface area contributed by atoms with Gasteiger partial charge >= 0.3 is 0 Å². The van der Waals surface area contributed by atoms with Crippen LogP contribution in [0.25, 0.3) is 0 Å². The molecule has 0 radical (unpaired) electrons. The number of sulfonamides is 1. The van der Waals surface area contributed by atoms with Gasteiger partial charge < -0.3 is 5.32 Å². The molecule has 1 amide bonds. The van der Waals surface area contributed by atoms with E-state index in [4.69, 9.17) is 0 Å². The molecule has 3 aromatic rings. The second-order valence-corrected chi connectivity index (χ2v) is 7.61. The lowest BCUT2D eigenvalue weighted by Gasteiger charge is -2.10. The smallest absolute Gasteiger partial charge is 0.262 e. The number of amides is 1. The van der Waals surface area contributed by atoms with Crippen LogP contribution >= 0.6 is 0 Å². The van der Waals surface area contributed by atoms with Crippen LogP contribution in [-0.2, 0) is 16.6 Å². The predicted octanol–water partition coefficient (Wildman–Crippen LogP) is 3.70. The molecule has 0 heterocycles. The van der Waals surface area contributed by atoms with Crippen molar-refractivity contribution in [2.24, 2.45) is 0 Å². The van der Waals surface area contributed by atoms with Gasteiger partial charge in [-0.2, -0.15) is 0 Å². The SMILES string of the molecule is O=C(NCc1cccc(F)c1)c1cccc(S(=O)(=O)Nc2ccccc2F)c1. The first kappa shape index (κ1) is 19.5. The quantitative estimate of drug-likeness (QED) is 0.660. The zero-order valence-corrected chi connectivity index (χ0v) is 15.3. The van der Waals surface area contributed by atoms with E-state index in [1.165, 1.54) is 60.7 Å². The van der Waals surface area contributed by atoms with Gasteiger partial charge in [0.25, 0.3) is 15.9 Å². The first-order chi connectivity index (χ1) is 13.3. The van der Waals surface area contributed by atoms with Gasteiger partial charge in [0.15, 0.2) is 0 Å². The lowest BCUT2D eigenvalue weighted by atomic mass is 10.2. The number of hydrogen-bond acceptors (Lipinski definition) is 3. The van der Waals surface area contributed by atoms with Crippen molar-refractivity contribution in [1.82, 2.24) is 5.32 Å². The molecular formula is C20H16F2N2O3S. The van der Waals surface area contributed by atoms with E-state index < -0.39 is 27.6 Å². The summed E-state index contributed by atoms with van der Waals surface area (Å²) in [5, 5.41) is 2.60. The van der Waals surface area contributed by atoms with Crippen molar-refractivity contribution < 1.29 is 22.0 Å². The van der Waals surface area contributed by atoms with Crippen molar-refractivity contribution in [3.8, 4) is 0 Å². The zero-order chi connectivity index (χ0) is 20.1. The minimum absolute atomic E-state index is 0.0844. The fourth-order valence-electron chi connectivity index (χ4n) is 2.48. The number of carbonyl (C=O) groups is 1. The molecule has 0 aromatic heterocycles. The van der Waals surface area contributed by atoms with Crippen molar-refractivity contribution in [3.63, 3.8) is 0 Å². The van der Waals surface area contributed by atoms with Gasteiger partial charge in [-0.15, -0.1) is 0 Å². The molecule has 0 saturated heterocycles. The molecule has 0 bridgehead atoms. The summed E-state index contributed by atoms with van der Waals surface area (Å²) in [5.41, 5.74) is 0.481. The van der Waals surface area contributed by atoms with E-state index in [1.807, 2.05) is 0 Å². The molecular weight excluding hydrogens is 386 g/mol. The molecule has 3 rings (SSSR count). The fourth-order valence-corrected chi connectivity index (χ4v) is 3.60. The minimum atomic E-state index is -4.08. The molecule has 5 nitrogen and oxygen atoms in total. The van der Waals surface area contributed by atoms with Crippen LogP contribution in [0, 0.1) is 11.6 Å². The van der Waals surface area contributed by atoms with Crippen molar-refractivity contribution in [2.75, 3.05) is 4.72 Å². The lowest BCUT2D eigenvalue weighted by Crippen LogP contribution is -2.23. The van der Waals surface area contributed by atoms with Crippen molar-refractivity contribution in [1.29, 1.82) is 0 Å². The third-order valence-corrected chi connectivity index (χ3v) is 5.23. The third-order valence-electron chi connectivity index (χ3n) is 3.87. The summed E-state index contributed by atoms with van der Waals surface area (Å²) >= 11 is 0. The van der Waals surface area contributed by atoms with E-state index in [9.17, 15) is 22.0 Å². The number of carbonyl (C=O) groups excluding carboxylic acids is 1. The van der Waals surface area contributed by atoms with Crippen molar-refractivity contribution >= 4 is 21.6 Å². The van der Waals surface area contributed by atoms with Gasteiger partial charge in [0.1, 0.15) is 11.6 Å². The summed E-state index contributed by atoms with van der Waals surface area (Å²) in [6.45, 7) is 0.0844. The highest BCUT2D eigenvalue weighted by Crippen LogP contribution is 2.19. The number of halogens is 2. The summed E-state index contributed by atoms with van der Waals surface area (Å²) in [6, 6.07) is 16.5. The average molecular weight is 402 g/mol. The minimum Gasteiger partial charge on any atom is -0.348 e. The van der Waals surface area contributed by atoms with E-state index in [0.717, 1.165) is 6.07 Å². The zero-order valence-electron chi connectivity index (χ0n) is 14.5. The number of hydrogen-bond donors (Lipinski definition) is 2. The number of para-hydroxylation sites is 1. The normalized spacial score (nSPS) is 11.1. The Hall–Kier alpha value is -3.26. The molecule has 2 N–H and O–H groups in total. The summed E-state index contributed by atoms with van der Waals surface area (Å²) < 4.78 is 54.1. The predicted molar refractivity (Wildman–Crippen MR) is 101 cm³/mol. The van der Waals surface area contributed by atoms with Crippen LogP contribution in [0.15, 0.2) is 77.7 Å². The fraction of sp³-hybridized carbons (Fsp3) is 0.0500. The van der Waals surface area contributed by atoms with E-state index in [1.54, 1.807) is 6.07 Å². The Morgan fingerprint density at radius 1 is 0.893 bits per heavy atom. The molecule has 0 aliphatic carbocycles. The lowest BCUT2D eigenvalue weighted by molar-refractivity contribution is 0.0950. The number of rotatable bonds is 6. The second-order valence-electron chi connectivity index (χ2n) is 5.93. The number of benzene rings is 3. The maximum atomic E-state index is 13.7. The average Bonchev–Trinajstić information content (AvgIpc) is 2.68. The van der Waals surface area contributed by atoms with Gasteiger partial charge in [0.05, 0.1) is 10.6 Å². The molecule has 0 aliphatic rings. The van der Waals surface area contributed by atoms with Crippen LogP contribution in [0.2, 0.25) is 0 Å². The molecule has 0 aliphatic heterocycles. The maximum absolute atomic E-state index is 13.7. The molecule has 144 valence electrons. The summed E-state index contributed by atoms with van der Waals surface area (Å²) in [7, 11) is -4.08. The second kappa shape index (κ2) is 8.18. The Bertz CT molecular complexity index is 1120. The summed E-state index contributed by atoms with van der Waals surface area (Å²) in [5.74, 6) is -1.65. The molecule has 0 atom stereocenters. The molecule has 28 heavy (non-hydrogen) atoms. The van der Waals surface area contributed by atoms with Crippen molar-refractivity contribution in [2.45, 2.75) is 11.4 Å². The highest BCUT2D eigenvalue weighted by molar-refractivity contribution is 7.92.